The predicted molar refractivity (Wildman–Crippen MR) is 137 cm³/mol. The van der Waals surface area contributed by atoms with Gasteiger partial charge < -0.3 is 4.74 Å². The van der Waals surface area contributed by atoms with Gasteiger partial charge in [-0.15, -0.1) is 0 Å². The Morgan fingerprint density at radius 3 is 2.23 bits per heavy atom. The van der Waals surface area contributed by atoms with Crippen molar-refractivity contribution in [3.63, 3.8) is 0 Å². The summed E-state index contributed by atoms with van der Waals surface area (Å²) in [6, 6.07) is 20.1. The smallest absolute Gasteiger partial charge is 0.279 e. The summed E-state index contributed by atoms with van der Waals surface area (Å²) < 4.78 is 59.9. The fraction of sp³-hybridized carbons (Fsp3) is 0.240. The molecule has 0 spiro atoms. The van der Waals surface area contributed by atoms with Crippen molar-refractivity contribution in [2.24, 2.45) is 5.10 Å². The number of rotatable bonds is 8. The molecule has 35 heavy (non-hydrogen) atoms. The molecule has 1 atom stereocenters. The van der Waals surface area contributed by atoms with Crippen molar-refractivity contribution in [2.75, 3.05) is 17.6 Å². The molecule has 10 heteroatoms. The van der Waals surface area contributed by atoms with E-state index in [2.05, 4.69) is 9.82 Å². The molecule has 0 aliphatic carbocycles. The van der Waals surface area contributed by atoms with E-state index in [1.165, 1.54) is 23.7 Å². The Morgan fingerprint density at radius 1 is 0.971 bits per heavy atom. The molecule has 8 nitrogen and oxygen atoms in total. The third-order valence-corrected chi connectivity index (χ3v) is 8.90. The molecule has 1 aliphatic heterocycles. The fourth-order valence-corrected chi connectivity index (χ4v) is 5.98. The summed E-state index contributed by atoms with van der Waals surface area (Å²) in [5, 5.41) is 4.56. The van der Waals surface area contributed by atoms with Gasteiger partial charge in [0.2, 0.25) is 10.0 Å². The molecular weight excluding hydrogens is 486 g/mol. The monoisotopic (exact) mass is 513 g/mol. The van der Waals surface area contributed by atoms with Crippen LogP contribution in [0.5, 0.6) is 5.75 Å². The molecule has 0 radical (unpaired) electrons. The lowest BCUT2D eigenvalue weighted by atomic mass is 9.96. The van der Waals surface area contributed by atoms with Gasteiger partial charge >= 0.3 is 0 Å². The molecule has 1 heterocycles. The number of hydrogen-bond acceptors (Lipinski definition) is 6. The summed E-state index contributed by atoms with van der Waals surface area (Å²) in [4.78, 5) is 0.117. The van der Waals surface area contributed by atoms with Gasteiger partial charge in [0.25, 0.3) is 10.0 Å². The minimum absolute atomic E-state index is 0.0300. The Bertz CT molecular complexity index is 1450. The van der Waals surface area contributed by atoms with Crippen LogP contribution in [0, 0.1) is 6.92 Å². The number of anilines is 1. The summed E-state index contributed by atoms with van der Waals surface area (Å²) >= 11 is 0. The average molecular weight is 514 g/mol. The standard InChI is InChI=1S/C25H27N3O5S2/c1-4-34(29,30)27-20-11-9-19(10-12-20)24-17-25(23-8-6-5-7-18(23)2)28(26-24)35(31,32)22-15-13-21(33-3)14-16-22/h5-16,25,27H,4,17H2,1-3H3. The van der Waals surface area contributed by atoms with E-state index in [1.54, 1.807) is 43.3 Å². The lowest BCUT2D eigenvalue weighted by Crippen LogP contribution is -2.27. The number of nitrogens with zero attached hydrogens (tertiary/aromatic N) is 2. The van der Waals surface area contributed by atoms with Crippen molar-refractivity contribution >= 4 is 31.4 Å². The molecule has 3 aromatic carbocycles. The number of nitrogens with one attached hydrogen (secondary N) is 1. The summed E-state index contributed by atoms with van der Waals surface area (Å²) in [6.45, 7) is 3.51. The van der Waals surface area contributed by atoms with Crippen molar-refractivity contribution in [3.05, 3.63) is 89.5 Å². The molecular formula is C25H27N3O5S2. The Kier molecular flexibility index (Phi) is 6.86. The van der Waals surface area contributed by atoms with E-state index in [-0.39, 0.29) is 10.6 Å². The second kappa shape index (κ2) is 9.71. The molecule has 1 aliphatic rings. The first-order chi connectivity index (χ1) is 16.6. The highest BCUT2D eigenvalue weighted by atomic mass is 32.2. The number of methoxy groups -OCH3 is 1. The van der Waals surface area contributed by atoms with Crippen LogP contribution in [-0.4, -0.2) is 39.8 Å². The molecule has 0 saturated carbocycles. The largest absolute Gasteiger partial charge is 0.497 e. The second-order valence-electron chi connectivity index (χ2n) is 8.16. The van der Waals surface area contributed by atoms with Crippen LogP contribution < -0.4 is 9.46 Å². The van der Waals surface area contributed by atoms with Gasteiger partial charge in [-0.25, -0.2) is 8.42 Å². The first-order valence-corrected chi connectivity index (χ1v) is 14.2. The minimum atomic E-state index is -3.96. The topological polar surface area (TPSA) is 105 Å². The van der Waals surface area contributed by atoms with Gasteiger partial charge in [0.05, 0.1) is 29.5 Å². The summed E-state index contributed by atoms with van der Waals surface area (Å²) in [5.41, 5.74) is 3.59. The van der Waals surface area contributed by atoms with E-state index in [0.29, 0.717) is 23.6 Å². The van der Waals surface area contributed by atoms with Crippen LogP contribution in [0.15, 0.2) is 82.8 Å². The first kappa shape index (κ1) is 24.7. The second-order valence-corrected chi connectivity index (χ2v) is 12.0. The molecule has 0 fully saturated rings. The molecule has 1 N–H and O–H groups in total. The number of hydrogen-bond donors (Lipinski definition) is 1. The molecule has 4 rings (SSSR count). The molecule has 0 aromatic heterocycles. The van der Waals surface area contributed by atoms with Crippen LogP contribution in [0.1, 0.15) is 36.1 Å². The van der Waals surface area contributed by atoms with Crippen molar-refractivity contribution in [2.45, 2.75) is 31.2 Å². The molecule has 1 unspecified atom stereocenters. The van der Waals surface area contributed by atoms with Crippen LogP contribution >= 0.6 is 0 Å². The van der Waals surface area contributed by atoms with E-state index in [0.717, 1.165) is 16.7 Å². The van der Waals surface area contributed by atoms with Crippen LogP contribution in [0.3, 0.4) is 0 Å². The number of ether oxygens (including phenoxy) is 1. The van der Waals surface area contributed by atoms with Crippen LogP contribution in [0.4, 0.5) is 5.69 Å². The highest BCUT2D eigenvalue weighted by Gasteiger charge is 2.38. The van der Waals surface area contributed by atoms with Crippen LogP contribution in [-0.2, 0) is 20.0 Å². The lowest BCUT2D eigenvalue weighted by molar-refractivity contribution is 0.370. The number of benzene rings is 3. The Hall–Kier alpha value is -3.37. The molecule has 3 aromatic rings. The number of sulfonamides is 2. The zero-order valence-corrected chi connectivity index (χ0v) is 21.3. The van der Waals surface area contributed by atoms with Gasteiger partial charge in [-0.3, -0.25) is 4.72 Å². The number of hydrazone groups is 1. The van der Waals surface area contributed by atoms with E-state index < -0.39 is 26.1 Å². The first-order valence-electron chi connectivity index (χ1n) is 11.1. The maximum Gasteiger partial charge on any atom is 0.279 e. The zero-order valence-electron chi connectivity index (χ0n) is 19.7. The van der Waals surface area contributed by atoms with Crippen molar-refractivity contribution in [3.8, 4) is 5.75 Å². The molecule has 184 valence electrons. The highest BCUT2D eigenvalue weighted by molar-refractivity contribution is 7.92. The van der Waals surface area contributed by atoms with E-state index in [1.807, 2.05) is 31.2 Å². The van der Waals surface area contributed by atoms with Crippen LogP contribution in [0.2, 0.25) is 0 Å². The fourth-order valence-electron chi connectivity index (χ4n) is 3.92. The summed E-state index contributed by atoms with van der Waals surface area (Å²) in [7, 11) is -5.83. The van der Waals surface area contributed by atoms with Gasteiger partial charge in [0.1, 0.15) is 5.75 Å². The normalized spacial score (nSPS) is 16.1. The van der Waals surface area contributed by atoms with Gasteiger partial charge in [-0.2, -0.15) is 17.9 Å². The number of aryl methyl sites for hydroxylation is 1. The van der Waals surface area contributed by atoms with Gasteiger partial charge in [-0.1, -0.05) is 36.4 Å². The van der Waals surface area contributed by atoms with Gasteiger partial charge in [-0.05, 0) is 66.9 Å². The Labute approximate surface area is 206 Å². The van der Waals surface area contributed by atoms with E-state index in [9.17, 15) is 16.8 Å². The van der Waals surface area contributed by atoms with E-state index >= 15 is 0 Å². The SMILES string of the molecule is CCS(=O)(=O)Nc1ccc(C2=NN(S(=O)(=O)c3ccc(OC)cc3)C(c3ccccc3C)C2)cc1. The minimum Gasteiger partial charge on any atom is -0.497 e. The van der Waals surface area contributed by atoms with Crippen molar-refractivity contribution in [1.29, 1.82) is 0 Å². The summed E-state index contributed by atoms with van der Waals surface area (Å²) in [6.07, 6.45) is 0.375. The third-order valence-electron chi connectivity index (χ3n) is 5.90. The molecule has 0 amide bonds. The zero-order chi connectivity index (χ0) is 25.2. The van der Waals surface area contributed by atoms with Crippen molar-refractivity contribution < 1.29 is 21.6 Å². The van der Waals surface area contributed by atoms with Crippen LogP contribution in [0.25, 0.3) is 0 Å². The van der Waals surface area contributed by atoms with Gasteiger partial charge in [0.15, 0.2) is 0 Å². The Balaban J connectivity index is 1.73. The molecule has 0 bridgehead atoms. The van der Waals surface area contributed by atoms with Gasteiger partial charge in [0, 0.05) is 12.1 Å². The maximum atomic E-state index is 13.7. The highest BCUT2D eigenvalue weighted by Crippen LogP contribution is 2.38. The third kappa shape index (κ3) is 5.18. The average Bonchev–Trinajstić information content (AvgIpc) is 3.31. The van der Waals surface area contributed by atoms with E-state index in [4.69, 9.17) is 4.74 Å². The maximum absolute atomic E-state index is 13.7. The quantitative estimate of drug-likeness (QED) is 0.483. The molecule has 0 saturated heterocycles. The summed E-state index contributed by atoms with van der Waals surface area (Å²) in [5.74, 6) is 0.529. The van der Waals surface area contributed by atoms with Crippen molar-refractivity contribution in [1.82, 2.24) is 4.41 Å². The lowest BCUT2D eigenvalue weighted by Gasteiger charge is -2.24. The Morgan fingerprint density at radius 2 is 1.63 bits per heavy atom. The predicted octanol–water partition coefficient (Wildman–Crippen LogP) is 4.31.